The predicted octanol–water partition coefficient (Wildman–Crippen LogP) is 3.54. The summed E-state index contributed by atoms with van der Waals surface area (Å²) in [6.07, 6.45) is 2.55. The van der Waals surface area contributed by atoms with Gasteiger partial charge in [-0.15, -0.1) is 0 Å². The van der Waals surface area contributed by atoms with Crippen molar-refractivity contribution >= 4 is 12.6 Å². The van der Waals surface area contributed by atoms with Gasteiger partial charge in [0.05, 0.1) is 0 Å². The van der Waals surface area contributed by atoms with Crippen LogP contribution in [0.15, 0.2) is 42.5 Å². The van der Waals surface area contributed by atoms with Gasteiger partial charge >= 0.3 is 0 Å². The molecular weight excluding hydrogens is 224 g/mol. The first-order valence-corrected chi connectivity index (χ1v) is 5.92. The zero-order valence-corrected chi connectivity index (χ0v) is 10.2. The minimum Gasteiger partial charge on any atom is -0.298 e. The van der Waals surface area contributed by atoms with Crippen molar-refractivity contribution in [3.8, 4) is 11.1 Å². The summed E-state index contributed by atoms with van der Waals surface area (Å²) in [4.78, 5) is 22.2. The van der Waals surface area contributed by atoms with Crippen molar-refractivity contribution in [2.75, 3.05) is 0 Å². The lowest BCUT2D eigenvalue weighted by Gasteiger charge is -2.09. The van der Waals surface area contributed by atoms with Gasteiger partial charge in [-0.25, -0.2) is 0 Å². The second kappa shape index (κ2) is 5.41. The highest BCUT2D eigenvalue weighted by Crippen LogP contribution is 2.27. The monoisotopic (exact) mass is 238 g/mol. The van der Waals surface area contributed by atoms with E-state index in [9.17, 15) is 9.59 Å². The van der Waals surface area contributed by atoms with Crippen LogP contribution in [0.3, 0.4) is 0 Å². The molecule has 0 fully saturated rings. The minimum absolute atomic E-state index is 0.605. The third-order valence-corrected chi connectivity index (χ3v) is 3.03. The predicted molar refractivity (Wildman–Crippen MR) is 72.0 cm³/mol. The van der Waals surface area contributed by atoms with E-state index in [2.05, 4.69) is 6.92 Å². The quantitative estimate of drug-likeness (QED) is 0.763. The van der Waals surface area contributed by atoms with Gasteiger partial charge in [0.1, 0.15) is 0 Å². The molecule has 0 saturated carbocycles. The third-order valence-electron chi connectivity index (χ3n) is 3.03. The number of rotatable bonds is 4. The summed E-state index contributed by atoms with van der Waals surface area (Å²) >= 11 is 0. The van der Waals surface area contributed by atoms with Crippen molar-refractivity contribution in [2.45, 2.75) is 13.3 Å². The molecule has 0 radical (unpaired) electrons. The van der Waals surface area contributed by atoms with Gasteiger partial charge < -0.3 is 0 Å². The van der Waals surface area contributed by atoms with Gasteiger partial charge in [-0.1, -0.05) is 49.4 Å². The smallest absolute Gasteiger partial charge is 0.150 e. The van der Waals surface area contributed by atoms with Gasteiger partial charge in [0.15, 0.2) is 12.6 Å². The Bertz CT molecular complexity index is 585. The lowest BCUT2D eigenvalue weighted by atomic mass is 9.94. The maximum Gasteiger partial charge on any atom is 0.150 e. The molecule has 0 saturated heterocycles. The lowest BCUT2D eigenvalue weighted by Crippen LogP contribution is -1.94. The van der Waals surface area contributed by atoms with Gasteiger partial charge in [-0.2, -0.15) is 0 Å². The average Bonchev–Trinajstić information content (AvgIpc) is 2.46. The van der Waals surface area contributed by atoms with Crippen molar-refractivity contribution in [3.63, 3.8) is 0 Å². The molecule has 2 heteroatoms. The van der Waals surface area contributed by atoms with Crippen LogP contribution in [-0.2, 0) is 6.42 Å². The van der Waals surface area contributed by atoms with Crippen LogP contribution in [0.4, 0.5) is 0 Å². The van der Waals surface area contributed by atoms with Crippen LogP contribution in [0.1, 0.15) is 33.2 Å². The summed E-state index contributed by atoms with van der Waals surface area (Å²) in [6.45, 7) is 2.06. The van der Waals surface area contributed by atoms with Crippen LogP contribution in [0.25, 0.3) is 11.1 Å². The van der Waals surface area contributed by atoms with Gasteiger partial charge in [-0.3, -0.25) is 9.59 Å². The van der Waals surface area contributed by atoms with Crippen LogP contribution in [-0.4, -0.2) is 12.6 Å². The first-order valence-electron chi connectivity index (χ1n) is 5.92. The van der Waals surface area contributed by atoms with Gasteiger partial charge in [0, 0.05) is 11.1 Å². The molecule has 2 nitrogen and oxygen atoms in total. The van der Waals surface area contributed by atoms with Crippen LogP contribution in [0.5, 0.6) is 0 Å². The maximum absolute atomic E-state index is 11.1. The molecule has 2 rings (SSSR count). The molecular formula is C16H14O2. The number of carbonyl (C=O) groups excluding carboxylic acids is 2. The second-order valence-corrected chi connectivity index (χ2v) is 4.10. The average molecular weight is 238 g/mol. The molecule has 0 unspecified atom stereocenters. The van der Waals surface area contributed by atoms with Crippen LogP contribution < -0.4 is 0 Å². The Morgan fingerprint density at radius 1 is 0.889 bits per heavy atom. The van der Waals surface area contributed by atoms with E-state index in [1.165, 1.54) is 0 Å². The number of aryl methyl sites for hydroxylation is 1. The number of benzene rings is 2. The van der Waals surface area contributed by atoms with Crippen molar-refractivity contribution in [3.05, 3.63) is 59.2 Å². The SMILES string of the molecule is CCc1ccc(C=O)c(-c2ccccc2C=O)c1. The van der Waals surface area contributed by atoms with Gasteiger partial charge in [-0.05, 0) is 23.1 Å². The number of hydrogen-bond donors (Lipinski definition) is 0. The second-order valence-electron chi connectivity index (χ2n) is 4.10. The molecule has 0 bridgehead atoms. The topological polar surface area (TPSA) is 34.1 Å². The van der Waals surface area contributed by atoms with Crippen LogP contribution in [0, 0.1) is 0 Å². The largest absolute Gasteiger partial charge is 0.298 e. The summed E-state index contributed by atoms with van der Waals surface area (Å²) in [5.74, 6) is 0. The van der Waals surface area contributed by atoms with Crippen molar-refractivity contribution in [1.82, 2.24) is 0 Å². The Kier molecular flexibility index (Phi) is 3.68. The number of carbonyl (C=O) groups is 2. The van der Waals surface area contributed by atoms with E-state index in [1.807, 2.05) is 36.4 Å². The molecule has 0 aliphatic carbocycles. The molecule has 0 heterocycles. The van der Waals surface area contributed by atoms with E-state index in [1.54, 1.807) is 6.07 Å². The van der Waals surface area contributed by atoms with E-state index < -0.39 is 0 Å². The summed E-state index contributed by atoms with van der Waals surface area (Å²) < 4.78 is 0. The fourth-order valence-electron chi connectivity index (χ4n) is 2.00. The Balaban J connectivity index is 2.68. The fraction of sp³-hybridized carbons (Fsp3) is 0.125. The molecule has 0 aliphatic rings. The van der Waals surface area contributed by atoms with Crippen molar-refractivity contribution < 1.29 is 9.59 Å². The number of hydrogen-bond acceptors (Lipinski definition) is 2. The van der Waals surface area contributed by atoms with Gasteiger partial charge in [0.2, 0.25) is 0 Å². The Hall–Kier alpha value is -2.22. The minimum atomic E-state index is 0.605. The first kappa shape index (κ1) is 12.2. The van der Waals surface area contributed by atoms with Crippen LogP contribution >= 0.6 is 0 Å². The van der Waals surface area contributed by atoms with Gasteiger partial charge in [0.25, 0.3) is 0 Å². The zero-order chi connectivity index (χ0) is 13.0. The van der Waals surface area contributed by atoms with E-state index in [0.717, 1.165) is 35.7 Å². The molecule has 0 N–H and O–H groups in total. The molecule has 18 heavy (non-hydrogen) atoms. The molecule has 0 amide bonds. The summed E-state index contributed by atoms with van der Waals surface area (Å²) in [7, 11) is 0. The molecule has 0 aliphatic heterocycles. The van der Waals surface area contributed by atoms with E-state index in [-0.39, 0.29) is 0 Å². The van der Waals surface area contributed by atoms with Crippen molar-refractivity contribution in [1.29, 1.82) is 0 Å². The molecule has 0 atom stereocenters. The number of aldehydes is 2. The Morgan fingerprint density at radius 3 is 2.22 bits per heavy atom. The molecule has 0 spiro atoms. The highest BCUT2D eigenvalue weighted by molar-refractivity contribution is 5.94. The normalized spacial score (nSPS) is 10.1. The molecule has 90 valence electrons. The summed E-state index contributed by atoms with van der Waals surface area (Å²) in [5, 5.41) is 0. The highest BCUT2D eigenvalue weighted by Gasteiger charge is 2.09. The molecule has 2 aromatic rings. The summed E-state index contributed by atoms with van der Waals surface area (Å²) in [5.41, 5.74) is 4.00. The van der Waals surface area contributed by atoms with Crippen molar-refractivity contribution in [2.24, 2.45) is 0 Å². The third kappa shape index (κ3) is 2.23. The van der Waals surface area contributed by atoms with E-state index in [0.29, 0.717) is 11.1 Å². The van der Waals surface area contributed by atoms with E-state index >= 15 is 0 Å². The van der Waals surface area contributed by atoms with Crippen LogP contribution in [0.2, 0.25) is 0 Å². The summed E-state index contributed by atoms with van der Waals surface area (Å²) in [6, 6.07) is 13.0. The lowest BCUT2D eigenvalue weighted by molar-refractivity contribution is 0.111. The maximum atomic E-state index is 11.1. The zero-order valence-electron chi connectivity index (χ0n) is 10.2. The highest BCUT2D eigenvalue weighted by atomic mass is 16.1. The first-order chi connectivity index (χ1) is 8.80. The fourth-order valence-corrected chi connectivity index (χ4v) is 2.00. The standard InChI is InChI=1S/C16H14O2/c1-2-12-7-8-14(11-18)16(9-12)15-6-4-3-5-13(15)10-17/h3-11H,2H2,1H3. The molecule has 0 aromatic heterocycles. The Morgan fingerprint density at radius 2 is 1.56 bits per heavy atom. The molecule has 2 aromatic carbocycles. The van der Waals surface area contributed by atoms with E-state index in [4.69, 9.17) is 0 Å². The Labute approximate surface area is 106 Å².